The number of piperazine rings is 1. The topological polar surface area (TPSA) is 32.5 Å². The molecule has 106 valence electrons. The van der Waals surface area contributed by atoms with Gasteiger partial charge in [-0.05, 0) is 31.0 Å². The monoisotopic (exact) mass is 281 g/mol. The molecule has 0 bridgehead atoms. The van der Waals surface area contributed by atoms with Gasteiger partial charge in [-0.15, -0.1) is 0 Å². The first-order chi connectivity index (χ1) is 9.29. The zero-order valence-corrected chi connectivity index (χ0v) is 12.3. The normalized spacial score (nSPS) is 17.8. The van der Waals surface area contributed by atoms with E-state index < -0.39 is 0 Å². The Labute approximate surface area is 121 Å². The third kappa shape index (κ3) is 4.77. The molecule has 0 aromatic heterocycles. The lowest BCUT2D eigenvalue weighted by Gasteiger charge is -2.34. The number of aryl methyl sites for hydroxylation is 1. The van der Waals surface area contributed by atoms with Gasteiger partial charge in [0.25, 0.3) is 0 Å². The van der Waals surface area contributed by atoms with Gasteiger partial charge in [0.2, 0.25) is 0 Å². The van der Waals surface area contributed by atoms with E-state index in [0.717, 1.165) is 37.6 Å². The predicted molar refractivity (Wildman–Crippen MR) is 81.7 cm³/mol. The second kappa shape index (κ2) is 7.85. The number of benzene rings is 1. The molecule has 0 amide bonds. The summed E-state index contributed by atoms with van der Waals surface area (Å²) in [5.41, 5.74) is 6.85. The molecule has 1 heterocycles. The van der Waals surface area contributed by atoms with Gasteiger partial charge in [0, 0.05) is 44.3 Å². The Hall–Kier alpha value is -0.610. The highest BCUT2D eigenvalue weighted by Gasteiger charge is 2.15. The maximum atomic E-state index is 6.17. The molecular formula is C15H24ClN3. The Kier molecular flexibility index (Phi) is 6.11. The van der Waals surface area contributed by atoms with Gasteiger partial charge < -0.3 is 10.6 Å². The predicted octanol–water partition coefficient (Wildman–Crippen LogP) is 1.85. The van der Waals surface area contributed by atoms with E-state index in [1.165, 1.54) is 31.6 Å². The summed E-state index contributed by atoms with van der Waals surface area (Å²) < 4.78 is 0. The molecule has 0 atom stereocenters. The number of hydrogen-bond acceptors (Lipinski definition) is 3. The summed E-state index contributed by atoms with van der Waals surface area (Å²) >= 11 is 6.17. The fourth-order valence-electron chi connectivity index (χ4n) is 2.61. The molecule has 1 aliphatic heterocycles. The highest BCUT2D eigenvalue weighted by atomic mass is 35.5. The molecule has 2 N–H and O–H groups in total. The molecule has 1 fully saturated rings. The summed E-state index contributed by atoms with van der Waals surface area (Å²) in [6.07, 6.45) is 2.25. The van der Waals surface area contributed by atoms with Gasteiger partial charge in [-0.3, -0.25) is 4.90 Å². The van der Waals surface area contributed by atoms with Crippen LogP contribution in [0.2, 0.25) is 5.02 Å². The van der Waals surface area contributed by atoms with E-state index in [1.807, 2.05) is 12.1 Å². The zero-order valence-electron chi connectivity index (χ0n) is 11.5. The molecule has 1 saturated heterocycles. The average molecular weight is 282 g/mol. The lowest BCUT2D eigenvalue weighted by atomic mass is 10.1. The molecule has 1 aliphatic rings. The van der Waals surface area contributed by atoms with Crippen molar-refractivity contribution in [3.8, 4) is 0 Å². The number of rotatable bonds is 6. The Morgan fingerprint density at radius 1 is 1.00 bits per heavy atom. The minimum absolute atomic E-state index is 0.770. The Morgan fingerprint density at radius 2 is 1.63 bits per heavy atom. The van der Waals surface area contributed by atoms with Gasteiger partial charge in [-0.25, -0.2) is 0 Å². The van der Waals surface area contributed by atoms with Crippen molar-refractivity contribution in [1.29, 1.82) is 0 Å². The highest BCUT2D eigenvalue weighted by molar-refractivity contribution is 6.31. The van der Waals surface area contributed by atoms with Crippen LogP contribution < -0.4 is 5.73 Å². The molecule has 0 saturated carbocycles. The average Bonchev–Trinajstić information content (AvgIpc) is 2.43. The minimum Gasteiger partial charge on any atom is -0.329 e. The van der Waals surface area contributed by atoms with Gasteiger partial charge in [-0.1, -0.05) is 29.8 Å². The lowest BCUT2D eigenvalue weighted by molar-refractivity contribution is 0.134. The number of nitrogens with zero attached hydrogens (tertiary/aromatic N) is 2. The number of halogens is 1. The molecule has 1 aromatic carbocycles. The highest BCUT2D eigenvalue weighted by Crippen LogP contribution is 2.16. The van der Waals surface area contributed by atoms with E-state index in [9.17, 15) is 0 Å². The maximum absolute atomic E-state index is 6.17. The molecule has 3 nitrogen and oxygen atoms in total. The Balaban J connectivity index is 1.66. The third-order valence-corrected chi connectivity index (χ3v) is 4.16. The summed E-state index contributed by atoms with van der Waals surface area (Å²) in [6, 6.07) is 8.15. The van der Waals surface area contributed by atoms with Crippen LogP contribution in [0.5, 0.6) is 0 Å². The van der Waals surface area contributed by atoms with Crippen LogP contribution in [0.3, 0.4) is 0 Å². The summed E-state index contributed by atoms with van der Waals surface area (Å²) in [7, 11) is 0. The lowest BCUT2D eigenvalue weighted by Crippen LogP contribution is -2.47. The van der Waals surface area contributed by atoms with Crippen LogP contribution in [-0.2, 0) is 6.42 Å². The molecule has 1 aromatic rings. The summed E-state index contributed by atoms with van der Waals surface area (Å²) in [4.78, 5) is 4.99. The summed E-state index contributed by atoms with van der Waals surface area (Å²) in [5, 5.41) is 0.898. The van der Waals surface area contributed by atoms with Crippen LogP contribution in [0.1, 0.15) is 12.0 Å². The molecule has 0 radical (unpaired) electrons. The molecular weight excluding hydrogens is 258 g/mol. The smallest absolute Gasteiger partial charge is 0.0437 e. The van der Waals surface area contributed by atoms with Crippen LogP contribution in [-0.4, -0.2) is 55.6 Å². The minimum atomic E-state index is 0.770. The Bertz CT molecular complexity index is 375. The van der Waals surface area contributed by atoms with Crippen molar-refractivity contribution in [2.45, 2.75) is 12.8 Å². The molecule has 0 aliphatic carbocycles. The van der Waals surface area contributed by atoms with Crippen LogP contribution in [0.25, 0.3) is 0 Å². The van der Waals surface area contributed by atoms with E-state index in [4.69, 9.17) is 17.3 Å². The van der Waals surface area contributed by atoms with E-state index in [0.29, 0.717) is 0 Å². The van der Waals surface area contributed by atoms with E-state index in [2.05, 4.69) is 21.9 Å². The van der Waals surface area contributed by atoms with E-state index in [1.54, 1.807) is 0 Å². The van der Waals surface area contributed by atoms with Crippen molar-refractivity contribution in [2.24, 2.45) is 5.73 Å². The van der Waals surface area contributed by atoms with Gasteiger partial charge in [0.15, 0.2) is 0 Å². The van der Waals surface area contributed by atoms with Gasteiger partial charge in [0.05, 0.1) is 0 Å². The Morgan fingerprint density at radius 3 is 2.26 bits per heavy atom. The second-order valence-corrected chi connectivity index (χ2v) is 5.57. The van der Waals surface area contributed by atoms with Crippen molar-refractivity contribution in [3.05, 3.63) is 34.9 Å². The van der Waals surface area contributed by atoms with Crippen molar-refractivity contribution < 1.29 is 0 Å². The van der Waals surface area contributed by atoms with Gasteiger partial charge >= 0.3 is 0 Å². The molecule has 19 heavy (non-hydrogen) atoms. The first kappa shape index (κ1) is 14.8. The van der Waals surface area contributed by atoms with Crippen molar-refractivity contribution in [1.82, 2.24) is 9.80 Å². The zero-order chi connectivity index (χ0) is 13.5. The first-order valence-electron chi connectivity index (χ1n) is 7.18. The van der Waals surface area contributed by atoms with E-state index >= 15 is 0 Å². The standard InChI is InChI=1S/C15H24ClN3/c16-15-6-2-1-4-14(15)5-3-8-18-10-12-19(9-7-17)13-11-18/h1-2,4,6H,3,5,7-13,17H2. The largest absolute Gasteiger partial charge is 0.329 e. The SMILES string of the molecule is NCCN1CCN(CCCc2ccccc2Cl)CC1. The number of hydrogen-bond donors (Lipinski definition) is 1. The van der Waals surface area contributed by atoms with Crippen molar-refractivity contribution in [2.75, 3.05) is 45.8 Å². The molecule has 0 spiro atoms. The quantitative estimate of drug-likeness (QED) is 0.864. The van der Waals surface area contributed by atoms with Gasteiger partial charge in [-0.2, -0.15) is 0 Å². The molecule has 2 rings (SSSR count). The summed E-state index contributed by atoms with van der Waals surface area (Å²) in [6.45, 7) is 7.62. The fraction of sp³-hybridized carbons (Fsp3) is 0.600. The number of nitrogens with two attached hydrogens (primary N) is 1. The third-order valence-electron chi connectivity index (χ3n) is 3.79. The fourth-order valence-corrected chi connectivity index (χ4v) is 2.84. The van der Waals surface area contributed by atoms with Crippen LogP contribution in [0, 0.1) is 0 Å². The summed E-state index contributed by atoms with van der Waals surface area (Å²) in [5.74, 6) is 0. The van der Waals surface area contributed by atoms with E-state index in [-0.39, 0.29) is 0 Å². The second-order valence-electron chi connectivity index (χ2n) is 5.17. The van der Waals surface area contributed by atoms with Crippen LogP contribution in [0.15, 0.2) is 24.3 Å². The van der Waals surface area contributed by atoms with Crippen LogP contribution >= 0.6 is 11.6 Å². The van der Waals surface area contributed by atoms with Crippen molar-refractivity contribution >= 4 is 11.6 Å². The molecule has 4 heteroatoms. The first-order valence-corrected chi connectivity index (χ1v) is 7.55. The maximum Gasteiger partial charge on any atom is 0.0437 e. The van der Waals surface area contributed by atoms with Gasteiger partial charge in [0.1, 0.15) is 0 Å². The molecule has 0 unspecified atom stereocenters. The van der Waals surface area contributed by atoms with Crippen LogP contribution in [0.4, 0.5) is 0 Å². The van der Waals surface area contributed by atoms with Crippen molar-refractivity contribution in [3.63, 3.8) is 0 Å².